The molecule has 1 amide bonds. The standard InChI is InChI=1S/C12H12FNO4/c1-18-10-5-8(13)2-3-9(10)14-6-7(12(16)17)4-11(14)15/h2-3,5,7H,4,6H2,1H3,(H,16,17). The zero-order chi connectivity index (χ0) is 13.3. The highest BCUT2D eigenvalue weighted by Crippen LogP contribution is 2.33. The van der Waals surface area contributed by atoms with Crippen molar-refractivity contribution >= 4 is 17.6 Å². The summed E-state index contributed by atoms with van der Waals surface area (Å²) in [5.41, 5.74) is 0.396. The Labute approximate surface area is 103 Å². The number of carbonyl (C=O) groups is 2. The molecule has 1 aromatic rings. The Kier molecular flexibility index (Phi) is 3.18. The SMILES string of the molecule is COc1cc(F)ccc1N1CC(C(=O)O)CC1=O. The van der Waals surface area contributed by atoms with Crippen molar-refractivity contribution in [1.82, 2.24) is 0 Å². The molecule has 0 aliphatic carbocycles. The molecule has 1 unspecified atom stereocenters. The number of halogens is 1. The maximum absolute atomic E-state index is 13.0. The van der Waals surface area contributed by atoms with Crippen molar-refractivity contribution in [2.45, 2.75) is 6.42 Å². The van der Waals surface area contributed by atoms with Gasteiger partial charge in [0.1, 0.15) is 11.6 Å². The van der Waals surface area contributed by atoms with Crippen molar-refractivity contribution in [2.75, 3.05) is 18.6 Å². The molecule has 1 saturated heterocycles. The number of hydrogen-bond donors (Lipinski definition) is 1. The summed E-state index contributed by atoms with van der Waals surface area (Å²) in [7, 11) is 1.37. The van der Waals surface area contributed by atoms with Gasteiger partial charge < -0.3 is 14.7 Å². The van der Waals surface area contributed by atoms with Crippen LogP contribution in [0.15, 0.2) is 18.2 Å². The van der Waals surface area contributed by atoms with Gasteiger partial charge in [-0.3, -0.25) is 9.59 Å². The summed E-state index contributed by atoms with van der Waals surface area (Å²) < 4.78 is 18.0. The molecule has 1 fully saturated rings. The van der Waals surface area contributed by atoms with Gasteiger partial charge in [0.05, 0.1) is 18.7 Å². The second-order valence-electron chi connectivity index (χ2n) is 4.06. The van der Waals surface area contributed by atoms with Crippen LogP contribution in [0.4, 0.5) is 10.1 Å². The summed E-state index contributed by atoms with van der Waals surface area (Å²) in [6.45, 7) is 0.0795. The van der Waals surface area contributed by atoms with Gasteiger partial charge >= 0.3 is 5.97 Å². The smallest absolute Gasteiger partial charge is 0.308 e. The number of anilines is 1. The molecule has 5 nitrogen and oxygen atoms in total. The first kappa shape index (κ1) is 12.3. The number of ether oxygens (including phenoxy) is 1. The predicted octanol–water partition coefficient (Wildman–Crippen LogP) is 1.27. The van der Waals surface area contributed by atoms with Gasteiger partial charge in [0.25, 0.3) is 0 Å². The number of nitrogens with zero attached hydrogens (tertiary/aromatic N) is 1. The van der Waals surface area contributed by atoms with Crippen molar-refractivity contribution < 1.29 is 23.8 Å². The quantitative estimate of drug-likeness (QED) is 0.881. The lowest BCUT2D eigenvalue weighted by Crippen LogP contribution is -2.26. The van der Waals surface area contributed by atoms with E-state index in [0.29, 0.717) is 5.69 Å². The summed E-state index contributed by atoms with van der Waals surface area (Å²) >= 11 is 0. The van der Waals surface area contributed by atoms with Gasteiger partial charge in [-0.15, -0.1) is 0 Å². The maximum atomic E-state index is 13.0. The fraction of sp³-hybridized carbons (Fsp3) is 0.333. The number of carboxylic acids is 1. The first-order chi connectivity index (χ1) is 8.52. The molecule has 0 saturated carbocycles. The number of carboxylic acid groups (broad SMARTS) is 1. The highest BCUT2D eigenvalue weighted by atomic mass is 19.1. The number of amides is 1. The first-order valence-corrected chi connectivity index (χ1v) is 5.39. The Morgan fingerprint density at radius 1 is 1.56 bits per heavy atom. The molecule has 1 aromatic carbocycles. The first-order valence-electron chi connectivity index (χ1n) is 5.39. The molecule has 1 heterocycles. The largest absolute Gasteiger partial charge is 0.494 e. The van der Waals surface area contributed by atoms with Gasteiger partial charge in [-0.05, 0) is 12.1 Å². The fourth-order valence-corrected chi connectivity index (χ4v) is 1.98. The van der Waals surface area contributed by atoms with Gasteiger partial charge in [0, 0.05) is 19.0 Å². The van der Waals surface area contributed by atoms with E-state index in [0.717, 1.165) is 6.07 Å². The van der Waals surface area contributed by atoms with Crippen LogP contribution in [-0.4, -0.2) is 30.6 Å². The summed E-state index contributed by atoms with van der Waals surface area (Å²) in [5.74, 6) is -2.29. The van der Waals surface area contributed by atoms with E-state index in [1.807, 2.05) is 0 Å². The molecule has 0 radical (unpaired) electrons. The van der Waals surface area contributed by atoms with Crippen LogP contribution < -0.4 is 9.64 Å². The summed E-state index contributed by atoms with van der Waals surface area (Å²) in [4.78, 5) is 23.9. The molecule has 0 aromatic heterocycles. The molecular formula is C12H12FNO4. The van der Waals surface area contributed by atoms with Crippen LogP contribution in [0.25, 0.3) is 0 Å². The molecule has 1 aliphatic rings. The van der Waals surface area contributed by atoms with Crippen LogP contribution in [0.1, 0.15) is 6.42 Å². The van der Waals surface area contributed by atoms with Crippen LogP contribution in [0.5, 0.6) is 5.75 Å². The van der Waals surface area contributed by atoms with Crippen molar-refractivity contribution in [3.8, 4) is 5.75 Å². The van der Waals surface area contributed by atoms with E-state index in [-0.39, 0.29) is 24.6 Å². The summed E-state index contributed by atoms with van der Waals surface area (Å²) in [5, 5.41) is 8.90. The third kappa shape index (κ3) is 2.13. The average Bonchev–Trinajstić information content (AvgIpc) is 2.71. The topological polar surface area (TPSA) is 66.8 Å². The third-order valence-electron chi connectivity index (χ3n) is 2.91. The molecule has 6 heteroatoms. The molecule has 1 atom stereocenters. The van der Waals surface area contributed by atoms with E-state index < -0.39 is 17.7 Å². The summed E-state index contributed by atoms with van der Waals surface area (Å²) in [6.07, 6.45) is -0.0458. The van der Waals surface area contributed by atoms with E-state index in [4.69, 9.17) is 9.84 Å². The molecule has 1 N–H and O–H groups in total. The van der Waals surface area contributed by atoms with Gasteiger partial charge in [-0.1, -0.05) is 0 Å². The zero-order valence-electron chi connectivity index (χ0n) is 9.72. The molecule has 2 rings (SSSR count). The van der Waals surface area contributed by atoms with Crippen LogP contribution in [0.2, 0.25) is 0 Å². The van der Waals surface area contributed by atoms with Crippen molar-refractivity contribution in [3.05, 3.63) is 24.0 Å². The third-order valence-corrected chi connectivity index (χ3v) is 2.91. The van der Waals surface area contributed by atoms with Crippen LogP contribution in [-0.2, 0) is 9.59 Å². The Hall–Kier alpha value is -2.11. The second-order valence-corrected chi connectivity index (χ2v) is 4.06. The fourth-order valence-electron chi connectivity index (χ4n) is 1.98. The van der Waals surface area contributed by atoms with E-state index in [2.05, 4.69) is 0 Å². The second kappa shape index (κ2) is 4.64. The highest BCUT2D eigenvalue weighted by Gasteiger charge is 2.36. The lowest BCUT2D eigenvalue weighted by molar-refractivity contribution is -0.141. The number of rotatable bonds is 3. The van der Waals surface area contributed by atoms with E-state index >= 15 is 0 Å². The normalized spacial score (nSPS) is 19.1. The minimum atomic E-state index is -1.01. The lowest BCUT2D eigenvalue weighted by atomic mass is 10.1. The van der Waals surface area contributed by atoms with E-state index in [1.165, 1.54) is 24.1 Å². The molecule has 0 bridgehead atoms. The van der Waals surface area contributed by atoms with Crippen LogP contribution in [0.3, 0.4) is 0 Å². The van der Waals surface area contributed by atoms with Gasteiger partial charge in [0.15, 0.2) is 0 Å². The minimum Gasteiger partial charge on any atom is -0.494 e. The van der Waals surface area contributed by atoms with Gasteiger partial charge in [-0.25, -0.2) is 4.39 Å². The monoisotopic (exact) mass is 253 g/mol. The Morgan fingerprint density at radius 3 is 2.83 bits per heavy atom. The summed E-state index contributed by atoms with van der Waals surface area (Å²) in [6, 6.07) is 3.78. The van der Waals surface area contributed by atoms with Gasteiger partial charge in [-0.2, -0.15) is 0 Å². The Morgan fingerprint density at radius 2 is 2.28 bits per heavy atom. The molecule has 0 spiro atoms. The molecule has 18 heavy (non-hydrogen) atoms. The zero-order valence-corrected chi connectivity index (χ0v) is 9.72. The lowest BCUT2D eigenvalue weighted by Gasteiger charge is -2.19. The van der Waals surface area contributed by atoms with Crippen LogP contribution in [0, 0.1) is 11.7 Å². The average molecular weight is 253 g/mol. The van der Waals surface area contributed by atoms with Crippen molar-refractivity contribution in [2.24, 2.45) is 5.92 Å². The van der Waals surface area contributed by atoms with Crippen molar-refractivity contribution in [3.63, 3.8) is 0 Å². The Balaban J connectivity index is 2.32. The van der Waals surface area contributed by atoms with Crippen molar-refractivity contribution in [1.29, 1.82) is 0 Å². The number of methoxy groups -OCH3 is 1. The van der Waals surface area contributed by atoms with E-state index in [9.17, 15) is 14.0 Å². The number of aliphatic carboxylic acids is 1. The number of benzene rings is 1. The van der Waals surface area contributed by atoms with Crippen LogP contribution >= 0.6 is 0 Å². The highest BCUT2D eigenvalue weighted by molar-refractivity contribution is 6.00. The number of carbonyl (C=O) groups excluding carboxylic acids is 1. The Bertz CT molecular complexity index is 503. The molecule has 1 aliphatic heterocycles. The predicted molar refractivity (Wildman–Crippen MR) is 61.0 cm³/mol. The van der Waals surface area contributed by atoms with Gasteiger partial charge in [0.2, 0.25) is 5.91 Å². The minimum absolute atomic E-state index is 0.0458. The van der Waals surface area contributed by atoms with E-state index in [1.54, 1.807) is 0 Å². The maximum Gasteiger partial charge on any atom is 0.308 e. The number of hydrogen-bond acceptors (Lipinski definition) is 3. The molecular weight excluding hydrogens is 241 g/mol. The molecule has 96 valence electrons.